The summed E-state index contributed by atoms with van der Waals surface area (Å²) in [4.78, 5) is 12.1. The Labute approximate surface area is 197 Å². The van der Waals surface area contributed by atoms with Gasteiger partial charge in [0.25, 0.3) is 0 Å². The predicted molar refractivity (Wildman–Crippen MR) is 132 cm³/mol. The molecule has 184 valence electrons. The lowest BCUT2D eigenvalue weighted by Crippen LogP contribution is -2.27. The van der Waals surface area contributed by atoms with Crippen molar-refractivity contribution in [2.24, 2.45) is 5.41 Å². The highest BCUT2D eigenvalue weighted by molar-refractivity contribution is 5.69. The number of allylic oxidation sites excluding steroid dienone is 3. The van der Waals surface area contributed by atoms with Crippen LogP contribution in [-0.4, -0.2) is 31.1 Å². The first-order valence-electron chi connectivity index (χ1n) is 13.1. The minimum absolute atomic E-state index is 0.120. The van der Waals surface area contributed by atoms with Gasteiger partial charge in [-0.3, -0.25) is 4.79 Å². The third-order valence-corrected chi connectivity index (χ3v) is 6.97. The Morgan fingerprint density at radius 3 is 2.38 bits per heavy atom. The van der Waals surface area contributed by atoms with Crippen LogP contribution in [0.1, 0.15) is 118 Å². The van der Waals surface area contributed by atoms with Crippen molar-refractivity contribution in [3.8, 4) is 0 Å². The van der Waals surface area contributed by atoms with Crippen LogP contribution in [0.25, 0.3) is 0 Å². The molecule has 4 nitrogen and oxygen atoms in total. The number of carbonyl (C=O) groups excluding carboxylic acids is 1. The lowest BCUT2D eigenvalue weighted by molar-refractivity contribution is -0.152. The summed E-state index contributed by atoms with van der Waals surface area (Å²) in [6.45, 7) is 11.8. The van der Waals surface area contributed by atoms with Gasteiger partial charge in [-0.1, -0.05) is 83.8 Å². The van der Waals surface area contributed by atoms with Gasteiger partial charge in [0.2, 0.25) is 0 Å². The molecule has 0 radical (unpaired) electrons. The molecule has 0 N–H and O–H groups in total. The largest absolute Gasteiger partial charge is 0.463 e. The predicted octanol–water partition coefficient (Wildman–Crippen LogP) is 7.66. The van der Waals surface area contributed by atoms with Crippen molar-refractivity contribution in [2.75, 3.05) is 13.2 Å². The Morgan fingerprint density at radius 2 is 1.72 bits per heavy atom. The van der Waals surface area contributed by atoms with Crippen molar-refractivity contribution in [1.29, 1.82) is 0 Å². The van der Waals surface area contributed by atoms with Gasteiger partial charge in [0.15, 0.2) is 5.79 Å². The topological polar surface area (TPSA) is 44.8 Å². The fraction of sp³-hybridized carbons (Fsp3) is 0.821. The molecule has 1 heterocycles. The van der Waals surface area contributed by atoms with Crippen molar-refractivity contribution in [3.05, 3.63) is 23.3 Å². The highest BCUT2D eigenvalue weighted by Gasteiger charge is 2.36. The zero-order valence-corrected chi connectivity index (χ0v) is 21.5. The summed E-state index contributed by atoms with van der Waals surface area (Å²) in [7, 11) is 0. The van der Waals surface area contributed by atoms with E-state index < -0.39 is 5.79 Å². The number of hydrogen-bond acceptors (Lipinski definition) is 4. The van der Waals surface area contributed by atoms with Crippen molar-refractivity contribution in [2.45, 2.75) is 130 Å². The van der Waals surface area contributed by atoms with E-state index in [9.17, 15) is 4.79 Å². The summed E-state index contributed by atoms with van der Waals surface area (Å²) in [5.41, 5.74) is 3.05. The Balaban J connectivity index is 1.62. The highest BCUT2D eigenvalue weighted by atomic mass is 16.7. The van der Waals surface area contributed by atoms with Gasteiger partial charge in [0, 0.05) is 6.42 Å². The summed E-state index contributed by atoms with van der Waals surface area (Å²) < 4.78 is 17.5. The lowest BCUT2D eigenvalue weighted by atomic mass is 9.72. The van der Waals surface area contributed by atoms with Crippen molar-refractivity contribution < 1.29 is 19.0 Å². The molecule has 0 aromatic carbocycles. The van der Waals surface area contributed by atoms with Crippen LogP contribution in [0.4, 0.5) is 0 Å². The van der Waals surface area contributed by atoms with Gasteiger partial charge in [-0.25, -0.2) is 0 Å². The molecule has 0 bridgehead atoms. The molecule has 0 spiro atoms. The first kappa shape index (κ1) is 27.1. The number of esters is 1. The second-order valence-electron chi connectivity index (χ2n) is 10.6. The smallest absolute Gasteiger partial charge is 0.305 e. The summed E-state index contributed by atoms with van der Waals surface area (Å²) in [5, 5.41) is 0. The van der Waals surface area contributed by atoms with E-state index in [4.69, 9.17) is 14.2 Å². The standard InChI is InChI=1S/C28H48O4/c1-6-7-8-9-10-11-12-13-14-17-26(29)30-21-24-22-31-28(5,32-24)20-18-25-23(2)16-15-19-27(25,3)4/h18,20,24H,6-17,19,21-22H2,1-5H3/b20-18+. The molecule has 0 saturated carbocycles. The normalized spacial score (nSPS) is 25.6. The van der Waals surface area contributed by atoms with E-state index in [0.29, 0.717) is 13.0 Å². The molecule has 2 rings (SSSR count). The maximum absolute atomic E-state index is 12.1. The quantitative estimate of drug-likeness (QED) is 0.202. The van der Waals surface area contributed by atoms with E-state index in [0.717, 1.165) is 12.8 Å². The van der Waals surface area contributed by atoms with E-state index >= 15 is 0 Å². The molecular weight excluding hydrogens is 400 g/mol. The van der Waals surface area contributed by atoms with Gasteiger partial charge in [-0.15, -0.1) is 0 Å². The molecule has 4 heteroatoms. The first-order chi connectivity index (χ1) is 15.3. The summed E-state index contributed by atoms with van der Waals surface area (Å²) in [5.74, 6) is -0.875. The molecular formula is C28H48O4. The van der Waals surface area contributed by atoms with Gasteiger partial charge >= 0.3 is 5.97 Å². The Kier molecular flexibility index (Phi) is 11.5. The molecule has 1 aliphatic carbocycles. The maximum Gasteiger partial charge on any atom is 0.305 e. The summed E-state index contributed by atoms with van der Waals surface area (Å²) in [6, 6.07) is 0. The van der Waals surface area contributed by atoms with Crippen molar-refractivity contribution >= 4 is 5.97 Å². The minimum atomic E-state index is -0.755. The van der Waals surface area contributed by atoms with Crippen LogP contribution >= 0.6 is 0 Å². The minimum Gasteiger partial charge on any atom is -0.463 e. The van der Waals surface area contributed by atoms with Gasteiger partial charge in [-0.2, -0.15) is 0 Å². The van der Waals surface area contributed by atoms with Gasteiger partial charge in [0.1, 0.15) is 12.7 Å². The van der Waals surface area contributed by atoms with Crippen LogP contribution in [0.5, 0.6) is 0 Å². The van der Waals surface area contributed by atoms with E-state index in [1.54, 1.807) is 0 Å². The lowest BCUT2D eigenvalue weighted by Gasteiger charge is -2.33. The van der Waals surface area contributed by atoms with Crippen molar-refractivity contribution in [3.63, 3.8) is 0 Å². The van der Waals surface area contributed by atoms with E-state index in [-0.39, 0.29) is 24.1 Å². The highest BCUT2D eigenvalue weighted by Crippen LogP contribution is 2.41. The molecule has 0 aromatic heterocycles. The van der Waals surface area contributed by atoms with Crippen molar-refractivity contribution in [1.82, 2.24) is 0 Å². The molecule has 32 heavy (non-hydrogen) atoms. The summed E-state index contributed by atoms with van der Waals surface area (Å²) in [6.07, 6.45) is 19.4. The SMILES string of the molecule is CCCCCCCCCCCC(=O)OCC1COC(C)(/C=C/C2=C(C)CCCC2(C)C)O1. The average molecular weight is 449 g/mol. The van der Waals surface area contributed by atoms with Crippen LogP contribution in [0.15, 0.2) is 23.3 Å². The molecule has 2 aliphatic rings. The molecule has 1 aliphatic heterocycles. The second-order valence-corrected chi connectivity index (χ2v) is 10.6. The van der Waals surface area contributed by atoms with Crippen LogP contribution in [-0.2, 0) is 19.0 Å². The number of ether oxygens (including phenoxy) is 3. The third-order valence-electron chi connectivity index (χ3n) is 6.97. The maximum atomic E-state index is 12.1. The number of rotatable bonds is 14. The Bertz CT molecular complexity index is 633. The molecule has 0 aromatic rings. The van der Waals surface area contributed by atoms with Crippen LogP contribution in [0.3, 0.4) is 0 Å². The third kappa shape index (κ3) is 9.39. The van der Waals surface area contributed by atoms with Gasteiger partial charge in [0.05, 0.1) is 6.61 Å². The van der Waals surface area contributed by atoms with Gasteiger partial charge in [-0.05, 0) is 56.6 Å². The fourth-order valence-electron chi connectivity index (χ4n) is 4.91. The Morgan fingerprint density at radius 1 is 1.06 bits per heavy atom. The number of hydrogen-bond donors (Lipinski definition) is 0. The molecule has 1 saturated heterocycles. The summed E-state index contributed by atoms with van der Waals surface area (Å²) >= 11 is 0. The molecule has 2 unspecified atom stereocenters. The second kappa shape index (κ2) is 13.5. The van der Waals surface area contributed by atoms with E-state index in [2.05, 4.69) is 33.8 Å². The van der Waals surface area contributed by atoms with Gasteiger partial charge < -0.3 is 14.2 Å². The average Bonchev–Trinajstić information content (AvgIpc) is 3.11. The zero-order chi connectivity index (χ0) is 23.5. The molecule has 2 atom stereocenters. The van der Waals surface area contributed by atoms with E-state index in [1.807, 2.05) is 13.0 Å². The fourth-order valence-corrected chi connectivity index (χ4v) is 4.91. The first-order valence-corrected chi connectivity index (χ1v) is 13.1. The monoisotopic (exact) mass is 448 g/mol. The Hall–Kier alpha value is -1.13. The number of carbonyl (C=O) groups is 1. The van der Waals surface area contributed by atoms with Crippen LogP contribution in [0.2, 0.25) is 0 Å². The van der Waals surface area contributed by atoms with E-state index in [1.165, 1.54) is 75.4 Å². The van der Waals surface area contributed by atoms with Crippen LogP contribution in [0, 0.1) is 5.41 Å². The number of unbranched alkanes of at least 4 members (excludes halogenated alkanes) is 8. The van der Waals surface area contributed by atoms with Crippen LogP contribution < -0.4 is 0 Å². The molecule has 0 amide bonds. The zero-order valence-electron chi connectivity index (χ0n) is 21.5. The molecule has 1 fully saturated rings.